The number of nitrogens with zero attached hydrogens (tertiary/aromatic N) is 3. The molecule has 0 spiro atoms. The zero-order valence-corrected chi connectivity index (χ0v) is 16.1. The lowest BCUT2D eigenvalue weighted by atomic mass is 10.1. The van der Waals surface area contributed by atoms with E-state index >= 15 is 0 Å². The molecule has 2 aromatic carbocycles. The van der Waals surface area contributed by atoms with Crippen LogP contribution in [0.25, 0.3) is 0 Å². The summed E-state index contributed by atoms with van der Waals surface area (Å²) in [4.78, 5) is 31.2. The molecule has 6 heteroatoms. The highest BCUT2D eigenvalue weighted by atomic mass is 16.3. The van der Waals surface area contributed by atoms with Crippen molar-refractivity contribution in [2.75, 3.05) is 44.2 Å². The normalized spacial score (nSPS) is 16.9. The number of rotatable bonds is 3. The third-order valence-corrected chi connectivity index (χ3v) is 5.59. The van der Waals surface area contributed by atoms with Gasteiger partial charge in [-0.25, -0.2) is 0 Å². The second kappa shape index (κ2) is 7.64. The quantitative estimate of drug-likeness (QED) is 0.887. The molecule has 146 valence electrons. The highest BCUT2D eigenvalue weighted by Gasteiger charge is 2.28. The van der Waals surface area contributed by atoms with Gasteiger partial charge in [-0.15, -0.1) is 0 Å². The molecule has 0 saturated carbocycles. The predicted molar refractivity (Wildman–Crippen MR) is 108 cm³/mol. The molecule has 2 aliphatic heterocycles. The number of piperazine rings is 1. The number of carbonyl (C=O) groups is 2. The largest absolute Gasteiger partial charge is 0.507 e. The number of amides is 2. The predicted octanol–water partition coefficient (Wildman–Crippen LogP) is 2.05. The molecule has 1 N–H and O–H groups in total. The lowest BCUT2D eigenvalue weighted by Gasteiger charge is -2.35. The first-order chi connectivity index (χ1) is 13.5. The summed E-state index contributed by atoms with van der Waals surface area (Å²) in [6.45, 7) is 5.39. The van der Waals surface area contributed by atoms with Gasteiger partial charge in [0, 0.05) is 38.4 Å². The van der Waals surface area contributed by atoms with Gasteiger partial charge in [0.05, 0.1) is 12.1 Å². The SMILES string of the molecule is Cc1ccc(C(=O)N2CCN(CC(=O)N3CCc4ccccc43)CC2)c(O)c1. The number of fused-ring (bicyclic) bond motifs is 1. The van der Waals surface area contributed by atoms with Crippen molar-refractivity contribution in [3.63, 3.8) is 0 Å². The van der Waals surface area contributed by atoms with E-state index in [1.165, 1.54) is 5.56 Å². The second-order valence-electron chi connectivity index (χ2n) is 7.51. The van der Waals surface area contributed by atoms with E-state index in [1.807, 2.05) is 36.1 Å². The zero-order valence-electron chi connectivity index (χ0n) is 16.1. The number of hydrogen-bond acceptors (Lipinski definition) is 4. The summed E-state index contributed by atoms with van der Waals surface area (Å²) in [7, 11) is 0. The van der Waals surface area contributed by atoms with Crippen LogP contribution >= 0.6 is 0 Å². The number of hydrogen-bond donors (Lipinski definition) is 1. The molecule has 0 unspecified atom stereocenters. The van der Waals surface area contributed by atoms with Crippen molar-refractivity contribution in [1.82, 2.24) is 9.80 Å². The van der Waals surface area contributed by atoms with Crippen LogP contribution in [0.15, 0.2) is 42.5 Å². The van der Waals surface area contributed by atoms with Gasteiger partial charge in [-0.1, -0.05) is 24.3 Å². The van der Waals surface area contributed by atoms with Crippen molar-refractivity contribution in [2.24, 2.45) is 0 Å². The van der Waals surface area contributed by atoms with Crippen LogP contribution in [0.1, 0.15) is 21.5 Å². The van der Waals surface area contributed by atoms with Gasteiger partial charge in [-0.05, 0) is 42.7 Å². The number of anilines is 1. The van der Waals surface area contributed by atoms with Crippen molar-refractivity contribution in [3.05, 3.63) is 59.2 Å². The molecule has 4 rings (SSSR count). The number of phenolic OH excluding ortho intramolecular Hbond substituents is 1. The van der Waals surface area contributed by atoms with Gasteiger partial charge in [0.2, 0.25) is 5.91 Å². The topological polar surface area (TPSA) is 64.1 Å². The van der Waals surface area contributed by atoms with E-state index in [0.717, 1.165) is 24.2 Å². The first kappa shape index (κ1) is 18.5. The molecule has 1 fully saturated rings. The first-order valence-electron chi connectivity index (χ1n) is 9.72. The highest BCUT2D eigenvalue weighted by molar-refractivity contribution is 5.97. The van der Waals surface area contributed by atoms with Crippen LogP contribution < -0.4 is 4.90 Å². The zero-order chi connectivity index (χ0) is 19.7. The summed E-state index contributed by atoms with van der Waals surface area (Å²) in [5.74, 6) is -0.0202. The van der Waals surface area contributed by atoms with Gasteiger partial charge < -0.3 is 14.9 Å². The average molecular weight is 379 g/mol. The lowest BCUT2D eigenvalue weighted by molar-refractivity contribution is -0.120. The van der Waals surface area contributed by atoms with Gasteiger partial charge in [0.1, 0.15) is 5.75 Å². The number of carbonyl (C=O) groups excluding carboxylic acids is 2. The molecule has 0 radical (unpaired) electrons. The van der Waals surface area contributed by atoms with Crippen LogP contribution in [-0.2, 0) is 11.2 Å². The average Bonchev–Trinajstić information content (AvgIpc) is 3.12. The highest BCUT2D eigenvalue weighted by Crippen LogP contribution is 2.27. The van der Waals surface area contributed by atoms with Crippen LogP contribution in [0.4, 0.5) is 5.69 Å². The maximum absolute atomic E-state index is 12.8. The summed E-state index contributed by atoms with van der Waals surface area (Å²) in [5.41, 5.74) is 3.50. The minimum absolute atomic E-state index is 0.0234. The Bertz CT molecular complexity index is 904. The van der Waals surface area contributed by atoms with Gasteiger partial charge in [0.15, 0.2) is 0 Å². The molecule has 6 nitrogen and oxygen atoms in total. The Morgan fingerprint density at radius 3 is 2.50 bits per heavy atom. The molecule has 2 heterocycles. The smallest absolute Gasteiger partial charge is 0.257 e. The van der Waals surface area contributed by atoms with Gasteiger partial charge in [-0.2, -0.15) is 0 Å². The maximum atomic E-state index is 12.8. The van der Waals surface area contributed by atoms with E-state index in [4.69, 9.17) is 0 Å². The van der Waals surface area contributed by atoms with E-state index in [1.54, 1.807) is 17.0 Å². The maximum Gasteiger partial charge on any atom is 0.257 e. The van der Waals surface area contributed by atoms with E-state index in [2.05, 4.69) is 11.0 Å². The molecule has 0 atom stereocenters. The molecule has 0 bridgehead atoms. The molecule has 1 saturated heterocycles. The Labute approximate surface area is 165 Å². The Morgan fingerprint density at radius 2 is 1.75 bits per heavy atom. The number of phenols is 1. The lowest BCUT2D eigenvalue weighted by Crippen LogP contribution is -2.51. The third-order valence-electron chi connectivity index (χ3n) is 5.59. The summed E-state index contributed by atoms with van der Waals surface area (Å²) in [6, 6.07) is 13.2. The third kappa shape index (κ3) is 3.60. The molecule has 0 aromatic heterocycles. The number of para-hydroxylation sites is 1. The summed E-state index contributed by atoms with van der Waals surface area (Å²) in [6.07, 6.45) is 0.907. The van der Waals surface area contributed by atoms with Gasteiger partial charge >= 0.3 is 0 Å². The van der Waals surface area contributed by atoms with E-state index in [-0.39, 0.29) is 17.6 Å². The van der Waals surface area contributed by atoms with Gasteiger partial charge in [-0.3, -0.25) is 14.5 Å². The van der Waals surface area contributed by atoms with Crippen LogP contribution in [0, 0.1) is 6.92 Å². The van der Waals surface area contributed by atoms with Crippen LogP contribution in [-0.4, -0.2) is 66.0 Å². The molecule has 0 aliphatic carbocycles. The number of aromatic hydroxyl groups is 1. The molecule has 2 aliphatic rings. The van der Waals surface area contributed by atoms with Crippen molar-refractivity contribution in [2.45, 2.75) is 13.3 Å². The second-order valence-corrected chi connectivity index (χ2v) is 7.51. The Hall–Kier alpha value is -2.86. The molecular formula is C22H25N3O3. The van der Waals surface area contributed by atoms with E-state index in [9.17, 15) is 14.7 Å². The summed E-state index contributed by atoms with van der Waals surface area (Å²) < 4.78 is 0. The first-order valence-corrected chi connectivity index (χ1v) is 9.72. The van der Waals surface area contributed by atoms with Crippen molar-refractivity contribution < 1.29 is 14.7 Å². The molecule has 2 amide bonds. The Balaban J connectivity index is 1.33. The minimum atomic E-state index is -0.156. The van der Waals surface area contributed by atoms with E-state index in [0.29, 0.717) is 38.3 Å². The molecular weight excluding hydrogens is 354 g/mol. The minimum Gasteiger partial charge on any atom is -0.507 e. The monoisotopic (exact) mass is 379 g/mol. The standard InChI is InChI=1S/C22H25N3O3/c1-16-6-7-18(20(26)14-16)22(28)24-12-10-23(11-13-24)15-21(27)25-9-8-17-4-2-3-5-19(17)25/h2-7,14,26H,8-13,15H2,1H3. The molecule has 2 aromatic rings. The number of aryl methyl sites for hydroxylation is 1. The Morgan fingerprint density at radius 1 is 1.00 bits per heavy atom. The van der Waals surface area contributed by atoms with Crippen molar-refractivity contribution in [1.29, 1.82) is 0 Å². The van der Waals surface area contributed by atoms with E-state index < -0.39 is 0 Å². The Kier molecular flexibility index (Phi) is 5.05. The molecule has 28 heavy (non-hydrogen) atoms. The fraction of sp³-hybridized carbons (Fsp3) is 0.364. The fourth-order valence-electron chi connectivity index (χ4n) is 3.98. The van der Waals surface area contributed by atoms with Crippen molar-refractivity contribution >= 4 is 17.5 Å². The van der Waals surface area contributed by atoms with Crippen LogP contribution in [0.3, 0.4) is 0 Å². The summed E-state index contributed by atoms with van der Waals surface area (Å²) >= 11 is 0. The number of benzene rings is 2. The van der Waals surface area contributed by atoms with Gasteiger partial charge in [0.25, 0.3) is 5.91 Å². The van der Waals surface area contributed by atoms with Crippen molar-refractivity contribution in [3.8, 4) is 5.75 Å². The van der Waals surface area contributed by atoms with Crippen LogP contribution in [0.2, 0.25) is 0 Å². The summed E-state index contributed by atoms with van der Waals surface area (Å²) in [5, 5.41) is 10.1. The fourth-order valence-corrected chi connectivity index (χ4v) is 3.98. The van der Waals surface area contributed by atoms with Crippen LogP contribution in [0.5, 0.6) is 5.75 Å².